The highest BCUT2D eigenvalue weighted by molar-refractivity contribution is 7.99. The summed E-state index contributed by atoms with van der Waals surface area (Å²) in [4.78, 5) is 12.0. The standard InChI is InChI=1S/C17H15N3O3S/c1-11-7-8-14(21)13(9-11)18-15(22)10-24-17-20-19-16(23-17)12-5-3-2-4-6-12/h2-9,21H,10H2,1H3,(H,18,22). The predicted molar refractivity (Wildman–Crippen MR) is 91.9 cm³/mol. The van der Waals surface area contributed by atoms with Crippen LogP contribution in [0.5, 0.6) is 5.75 Å². The van der Waals surface area contributed by atoms with Crippen LogP contribution in [0.25, 0.3) is 11.5 Å². The van der Waals surface area contributed by atoms with Crippen molar-refractivity contribution in [1.29, 1.82) is 0 Å². The van der Waals surface area contributed by atoms with Crippen molar-refractivity contribution in [3.05, 3.63) is 54.1 Å². The van der Waals surface area contributed by atoms with Gasteiger partial charge in [0.1, 0.15) is 5.75 Å². The highest BCUT2D eigenvalue weighted by Crippen LogP contribution is 2.25. The molecule has 0 aliphatic carbocycles. The Bertz CT molecular complexity index is 849. The van der Waals surface area contributed by atoms with Crippen LogP contribution in [0.2, 0.25) is 0 Å². The number of phenols is 1. The molecule has 1 aromatic heterocycles. The molecule has 2 N–H and O–H groups in total. The molecule has 0 atom stereocenters. The molecule has 0 aliphatic heterocycles. The van der Waals surface area contributed by atoms with Gasteiger partial charge in [-0.3, -0.25) is 4.79 Å². The number of rotatable bonds is 5. The summed E-state index contributed by atoms with van der Waals surface area (Å²) in [5.41, 5.74) is 2.15. The lowest BCUT2D eigenvalue weighted by atomic mass is 10.2. The lowest BCUT2D eigenvalue weighted by molar-refractivity contribution is -0.113. The summed E-state index contributed by atoms with van der Waals surface area (Å²) in [6, 6.07) is 14.4. The molecule has 0 aliphatic rings. The average molecular weight is 341 g/mol. The normalized spacial score (nSPS) is 10.5. The number of aromatic nitrogens is 2. The quantitative estimate of drug-likeness (QED) is 0.545. The van der Waals surface area contributed by atoms with Gasteiger partial charge in [-0.25, -0.2) is 0 Å². The third-order valence-electron chi connectivity index (χ3n) is 3.18. The number of nitrogens with zero attached hydrogens (tertiary/aromatic N) is 2. The van der Waals surface area contributed by atoms with E-state index in [1.54, 1.807) is 18.2 Å². The molecule has 2 aromatic carbocycles. The second-order valence-corrected chi connectivity index (χ2v) is 6.02. The fraction of sp³-hybridized carbons (Fsp3) is 0.118. The van der Waals surface area contributed by atoms with Gasteiger partial charge in [0.2, 0.25) is 11.8 Å². The van der Waals surface area contributed by atoms with E-state index in [2.05, 4.69) is 15.5 Å². The number of phenolic OH excluding ortho intramolecular Hbond substituents is 1. The van der Waals surface area contributed by atoms with Crippen LogP contribution in [-0.4, -0.2) is 27.0 Å². The minimum absolute atomic E-state index is 0.0307. The number of nitrogens with one attached hydrogen (secondary N) is 1. The van der Waals surface area contributed by atoms with Gasteiger partial charge in [0, 0.05) is 5.56 Å². The minimum atomic E-state index is -0.264. The molecule has 6 nitrogen and oxygen atoms in total. The molecule has 122 valence electrons. The van der Waals surface area contributed by atoms with E-state index >= 15 is 0 Å². The van der Waals surface area contributed by atoms with E-state index in [4.69, 9.17) is 4.42 Å². The van der Waals surface area contributed by atoms with Gasteiger partial charge in [0.25, 0.3) is 5.22 Å². The highest BCUT2D eigenvalue weighted by atomic mass is 32.2. The number of carbonyl (C=O) groups is 1. The van der Waals surface area contributed by atoms with Gasteiger partial charge in [-0.05, 0) is 36.8 Å². The third-order valence-corrected chi connectivity index (χ3v) is 4.00. The molecular weight excluding hydrogens is 326 g/mol. The zero-order chi connectivity index (χ0) is 16.9. The molecule has 3 aromatic rings. The van der Waals surface area contributed by atoms with Gasteiger partial charge in [0.15, 0.2) is 0 Å². The fourth-order valence-electron chi connectivity index (χ4n) is 2.03. The van der Waals surface area contributed by atoms with Crippen LogP contribution in [0.15, 0.2) is 58.2 Å². The Hall–Kier alpha value is -2.80. The Balaban J connectivity index is 1.59. The van der Waals surface area contributed by atoms with Crippen molar-refractivity contribution in [3.8, 4) is 17.2 Å². The van der Waals surface area contributed by atoms with Gasteiger partial charge < -0.3 is 14.8 Å². The summed E-state index contributed by atoms with van der Waals surface area (Å²) in [5, 5.41) is 20.6. The van der Waals surface area contributed by atoms with Crippen molar-refractivity contribution in [1.82, 2.24) is 10.2 Å². The van der Waals surface area contributed by atoms with Gasteiger partial charge in [0.05, 0.1) is 11.4 Å². The Morgan fingerprint density at radius 2 is 2.00 bits per heavy atom. The van der Waals surface area contributed by atoms with Crippen molar-refractivity contribution in [2.45, 2.75) is 12.1 Å². The fourth-order valence-corrected chi connectivity index (χ4v) is 2.59. The monoisotopic (exact) mass is 341 g/mol. The van der Waals surface area contributed by atoms with E-state index in [9.17, 15) is 9.90 Å². The maximum absolute atomic E-state index is 12.0. The molecular formula is C17H15N3O3S. The molecule has 0 saturated carbocycles. The summed E-state index contributed by atoms with van der Waals surface area (Å²) in [6.45, 7) is 1.88. The zero-order valence-corrected chi connectivity index (χ0v) is 13.7. The van der Waals surface area contributed by atoms with Gasteiger partial charge in [-0.2, -0.15) is 0 Å². The lowest BCUT2D eigenvalue weighted by Gasteiger charge is -2.07. The smallest absolute Gasteiger partial charge is 0.277 e. The summed E-state index contributed by atoms with van der Waals surface area (Å²) in [7, 11) is 0. The van der Waals surface area contributed by atoms with Crippen molar-refractivity contribution in [2.75, 3.05) is 11.1 Å². The number of benzene rings is 2. The van der Waals surface area contributed by atoms with E-state index < -0.39 is 0 Å². The van der Waals surface area contributed by atoms with Crippen LogP contribution in [0, 0.1) is 6.92 Å². The van der Waals surface area contributed by atoms with Crippen LogP contribution in [0.4, 0.5) is 5.69 Å². The van der Waals surface area contributed by atoms with Crippen LogP contribution in [0.3, 0.4) is 0 Å². The first-order valence-electron chi connectivity index (χ1n) is 7.23. The van der Waals surface area contributed by atoms with Crippen molar-refractivity contribution in [2.24, 2.45) is 0 Å². The Kier molecular flexibility index (Phi) is 4.81. The molecule has 0 fully saturated rings. The number of anilines is 1. The average Bonchev–Trinajstić information content (AvgIpc) is 3.06. The number of aromatic hydroxyl groups is 1. The molecule has 24 heavy (non-hydrogen) atoms. The molecule has 7 heteroatoms. The van der Waals surface area contributed by atoms with Crippen LogP contribution < -0.4 is 5.32 Å². The molecule has 0 unspecified atom stereocenters. The summed E-state index contributed by atoms with van der Waals surface area (Å²) in [6.07, 6.45) is 0. The number of amides is 1. The number of thioether (sulfide) groups is 1. The number of hydrogen-bond acceptors (Lipinski definition) is 6. The van der Waals surface area contributed by atoms with Crippen LogP contribution in [-0.2, 0) is 4.79 Å². The minimum Gasteiger partial charge on any atom is -0.506 e. The van der Waals surface area contributed by atoms with Crippen molar-refractivity contribution < 1.29 is 14.3 Å². The molecule has 1 heterocycles. The maximum Gasteiger partial charge on any atom is 0.277 e. The van der Waals surface area contributed by atoms with E-state index in [1.807, 2.05) is 37.3 Å². The number of hydrogen-bond donors (Lipinski definition) is 2. The Morgan fingerprint density at radius 3 is 2.79 bits per heavy atom. The summed E-state index contributed by atoms with van der Waals surface area (Å²) in [5.74, 6) is 0.280. The molecule has 0 spiro atoms. The zero-order valence-electron chi connectivity index (χ0n) is 12.9. The topological polar surface area (TPSA) is 88.2 Å². The first-order valence-corrected chi connectivity index (χ1v) is 8.21. The van der Waals surface area contributed by atoms with Gasteiger partial charge in [-0.15, -0.1) is 10.2 Å². The molecule has 1 amide bonds. The second kappa shape index (κ2) is 7.18. The van der Waals surface area contributed by atoms with Crippen LogP contribution in [0.1, 0.15) is 5.56 Å². The number of carbonyl (C=O) groups excluding carboxylic acids is 1. The first kappa shape index (κ1) is 16.1. The predicted octanol–water partition coefficient (Wildman–Crippen LogP) is 3.48. The Labute approximate surface area is 142 Å². The SMILES string of the molecule is Cc1ccc(O)c(NC(=O)CSc2nnc(-c3ccccc3)o2)c1. The van der Waals surface area contributed by atoms with E-state index in [1.165, 1.54) is 0 Å². The first-order chi connectivity index (χ1) is 11.6. The molecule has 0 bridgehead atoms. The largest absolute Gasteiger partial charge is 0.506 e. The van der Waals surface area contributed by atoms with E-state index in [0.29, 0.717) is 16.8 Å². The highest BCUT2D eigenvalue weighted by Gasteiger charge is 2.12. The third kappa shape index (κ3) is 3.94. The summed E-state index contributed by atoms with van der Waals surface area (Å²) >= 11 is 1.14. The lowest BCUT2D eigenvalue weighted by Crippen LogP contribution is -2.14. The maximum atomic E-state index is 12.0. The second-order valence-electron chi connectivity index (χ2n) is 5.10. The number of aryl methyl sites for hydroxylation is 1. The molecule has 0 saturated heterocycles. The molecule has 3 rings (SSSR count). The van der Waals surface area contributed by atoms with Crippen molar-refractivity contribution >= 4 is 23.4 Å². The van der Waals surface area contributed by atoms with Crippen molar-refractivity contribution in [3.63, 3.8) is 0 Å². The van der Waals surface area contributed by atoms with E-state index in [0.717, 1.165) is 22.9 Å². The van der Waals surface area contributed by atoms with Crippen LogP contribution >= 0.6 is 11.8 Å². The van der Waals surface area contributed by atoms with E-state index in [-0.39, 0.29) is 17.4 Å². The van der Waals surface area contributed by atoms with Gasteiger partial charge in [-0.1, -0.05) is 36.0 Å². The summed E-state index contributed by atoms with van der Waals surface area (Å²) < 4.78 is 5.52. The molecule has 0 radical (unpaired) electrons. The van der Waals surface area contributed by atoms with Gasteiger partial charge >= 0.3 is 0 Å². The Morgan fingerprint density at radius 1 is 1.21 bits per heavy atom.